The van der Waals surface area contributed by atoms with Gasteiger partial charge in [-0.1, -0.05) is 0 Å². The summed E-state index contributed by atoms with van der Waals surface area (Å²) >= 11 is 9.57. The van der Waals surface area contributed by atoms with Gasteiger partial charge in [0.15, 0.2) is 0 Å². The Labute approximate surface area is 117 Å². The third-order valence-corrected chi connectivity index (χ3v) is 3.96. The van der Waals surface area contributed by atoms with Crippen LogP contribution in [0, 0.1) is 6.92 Å². The molecule has 0 amide bonds. The molecule has 1 rings (SSSR count). The quantitative estimate of drug-likeness (QED) is 0.813. The van der Waals surface area contributed by atoms with Crippen molar-refractivity contribution in [2.75, 3.05) is 0 Å². The van der Waals surface area contributed by atoms with Crippen LogP contribution in [-0.4, -0.2) is 21.2 Å². The van der Waals surface area contributed by atoms with Crippen LogP contribution in [0.15, 0.2) is 4.47 Å². The second-order valence-corrected chi connectivity index (χ2v) is 6.00. The number of aromatic nitrogens is 2. The van der Waals surface area contributed by atoms with Crippen molar-refractivity contribution >= 4 is 27.5 Å². The van der Waals surface area contributed by atoms with Gasteiger partial charge in [-0.15, -0.1) is 11.6 Å². The topological polar surface area (TPSA) is 29.9 Å². The number of nitrogens with one attached hydrogen (secondary N) is 1. The van der Waals surface area contributed by atoms with Crippen LogP contribution in [0.25, 0.3) is 0 Å². The van der Waals surface area contributed by atoms with Crippen molar-refractivity contribution in [3.63, 3.8) is 0 Å². The van der Waals surface area contributed by atoms with Gasteiger partial charge in [-0.25, -0.2) is 0 Å². The summed E-state index contributed by atoms with van der Waals surface area (Å²) in [5.41, 5.74) is 2.25. The number of aryl methyl sites for hydroxylation is 2. The zero-order valence-corrected chi connectivity index (χ0v) is 13.3. The molecule has 0 aromatic carbocycles. The van der Waals surface area contributed by atoms with Gasteiger partial charge in [0.2, 0.25) is 0 Å². The number of hydrogen-bond donors (Lipinski definition) is 1. The molecule has 0 radical (unpaired) electrons. The molecule has 0 saturated carbocycles. The largest absolute Gasteiger partial charge is 0.309 e. The molecule has 0 aliphatic rings. The molecule has 0 spiro atoms. The average molecular weight is 323 g/mol. The van der Waals surface area contributed by atoms with E-state index in [1.807, 2.05) is 18.5 Å². The SMILES string of the molecule is CCn1nc(C)c(Br)c1CNC(C)CC(C)Cl. The molecule has 0 aliphatic carbocycles. The van der Waals surface area contributed by atoms with Crippen molar-refractivity contribution in [2.24, 2.45) is 0 Å². The molecule has 1 aromatic rings. The highest BCUT2D eigenvalue weighted by atomic mass is 79.9. The van der Waals surface area contributed by atoms with E-state index in [1.54, 1.807) is 0 Å². The maximum absolute atomic E-state index is 5.98. The Morgan fingerprint density at radius 3 is 2.65 bits per heavy atom. The number of rotatable bonds is 6. The first kappa shape index (κ1) is 15.0. The van der Waals surface area contributed by atoms with Crippen LogP contribution in [0.1, 0.15) is 38.6 Å². The third kappa shape index (κ3) is 4.27. The van der Waals surface area contributed by atoms with E-state index in [-0.39, 0.29) is 5.38 Å². The van der Waals surface area contributed by atoms with Crippen molar-refractivity contribution in [3.05, 3.63) is 15.9 Å². The first-order chi connectivity index (χ1) is 7.95. The highest BCUT2D eigenvalue weighted by Crippen LogP contribution is 2.21. The summed E-state index contributed by atoms with van der Waals surface area (Å²) in [5, 5.41) is 8.16. The lowest BCUT2D eigenvalue weighted by Gasteiger charge is -2.15. The van der Waals surface area contributed by atoms with E-state index in [2.05, 4.69) is 40.2 Å². The first-order valence-corrected chi connectivity index (χ1v) is 7.27. The Balaban J connectivity index is 2.62. The first-order valence-electron chi connectivity index (χ1n) is 6.04. The van der Waals surface area contributed by atoms with Gasteiger partial charge in [0.05, 0.1) is 15.9 Å². The molecule has 17 heavy (non-hydrogen) atoms. The van der Waals surface area contributed by atoms with Crippen LogP contribution in [0.2, 0.25) is 0 Å². The van der Waals surface area contributed by atoms with Crippen LogP contribution in [0.4, 0.5) is 0 Å². The zero-order valence-electron chi connectivity index (χ0n) is 10.9. The second-order valence-electron chi connectivity index (χ2n) is 4.46. The lowest BCUT2D eigenvalue weighted by atomic mass is 10.2. The smallest absolute Gasteiger partial charge is 0.0739 e. The van der Waals surface area contributed by atoms with Crippen LogP contribution >= 0.6 is 27.5 Å². The minimum atomic E-state index is 0.207. The van der Waals surface area contributed by atoms with Gasteiger partial charge in [0, 0.05) is 24.5 Å². The fourth-order valence-corrected chi connectivity index (χ4v) is 2.57. The van der Waals surface area contributed by atoms with E-state index >= 15 is 0 Å². The van der Waals surface area contributed by atoms with E-state index < -0.39 is 0 Å². The van der Waals surface area contributed by atoms with Gasteiger partial charge in [-0.3, -0.25) is 4.68 Å². The molecule has 2 unspecified atom stereocenters. The third-order valence-electron chi connectivity index (χ3n) is 2.75. The van der Waals surface area contributed by atoms with Crippen LogP contribution in [0.3, 0.4) is 0 Å². The molecule has 98 valence electrons. The standard InChI is InChI=1S/C12H21BrClN3/c1-5-17-11(12(13)10(4)16-17)7-15-9(3)6-8(2)14/h8-9,15H,5-7H2,1-4H3. The Kier molecular flexibility index (Phi) is 5.97. The lowest BCUT2D eigenvalue weighted by Crippen LogP contribution is -2.28. The summed E-state index contributed by atoms with van der Waals surface area (Å²) in [6.45, 7) is 10.0. The van der Waals surface area contributed by atoms with Crippen molar-refractivity contribution in [1.29, 1.82) is 0 Å². The summed E-state index contributed by atoms with van der Waals surface area (Å²) in [6, 6.07) is 0.412. The van der Waals surface area contributed by atoms with Crippen LogP contribution in [-0.2, 0) is 13.1 Å². The molecular formula is C12H21BrClN3. The summed E-state index contributed by atoms with van der Waals surface area (Å²) in [7, 11) is 0. The summed E-state index contributed by atoms with van der Waals surface area (Å²) in [4.78, 5) is 0. The molecule has 1 heterocycles. The maximum atomic E-state index is 5.98. The molecular weight excluding hydrogens is 302 g/mol. The van der Waals surface area contributed by atoms with Gasteiger partial charge < -0.3 is 5.32 Å². The van der Waals surface area contributed by atoms with E-state index in [9.17, 15) is 0 Å². The minimum Gasteiger partial charge on any atom is -0.309 e. The zero-order chi connectivity index (χ0) is 13.0. The molecule has 0 saturated heterocycles. The van der Waals surface area contributed by atoms with Crippen molar-refractivity contribution in [1.82, 2.24) is 15.1 Å². The van der Waals surface area contributed by atoms with Crippen LogP contribution in [0.5, 0.6) is 0 Å². The maximum Gasteiger partial charge on any atom is 0.0739 e. The van der Waals surface area contributed by atoms with Gasteiger partial charge in [-0.2, -0.15) is 5.10 Å². The molecule has 0 aliphatic heterocycles. The molecule has 3 nitrogen and oxygen atoms in total. The monoisotopic (exact) mass is 321 g/mol. The predicted octanol–water partition coefficient (Wildman–Crippen LogP) is 3.47. The summed E-state index contributed by atoms with van der Waals surface area (Å²) in [6.07, 6.45) is 0.971. The molecule has 0 bridgehead atoms. The van der Waals surface area contributed by atoms with Crippen LogP contribution < -0.4 is 5.32 Å². The fraction of sp³-hybridized carbons (Fsp3) is 0.750. The normalized spacial score (nSPS) is 14.9. The Morgan fingerprint density at radius 2 is 2.12 bits per heavy atom. The second kappa shape index (κ2) is 6.76. The number of hydrogen-bond acceptors (Lipinski definition) is 2. The Bertz CT molecular complexity index is 363. The van der Waals surface area contributed by atoms with Gasteiger partial charge in [-0.05, 0) is 50.0 Å². The van der Waals surface area contributed by atoms with Gasteiger partial charge in [0.1, 0.15) is 0 Å². The number of nitrogens with zero attached hydrogens (tertiary/aromatic N) is 2. The average Bonchev–Trinajstić information content (AvgIpc) is 2.51. The van der Waals surface area contributed by atoms with Crippen molar-refractivity contribution < 1.29 is 0 Å². The molecule has 0 fully saturated rings. The van der Waals surface area contributed by atoms with E-state index in [1.165, 1.54) is 5.69 Å². The Morgan fingerprint density at radius 1 is 1.47 bits per heavy atom. The molecule has 5 heteroatoms. The van der Waals surface area contributed by atoms with E-state index in [4.69, 9.17) is 11.6 Å². The summed E-state index contributed by atoms with van der Waals surface area (Å²) in [5.74, 6) is 0. The van der Waals surface area contributed by atoms with E-state index in [0.717, 1.165) is 29.7 Å². The molecule has 2 atom stereocenters. The fourth-order valence-electron chi connectivity index (χ4n) is 1.88. The molecule has 1 N–H and O–H groups in total. The summed E-state index contributed by atoms with van der Waals surface area (Å²) < 4.78 is 3.14. The van der Waals surface area contributed by atoms with E-state index in [0.29, 0.717) is 6.04 Å². The van der Waals surface area contributed by atoms with Gasteiger partial charge in [0.25, 0.3) is 0 Å². The van der Waals surface area contributed by atoms with Crippen molar-refractivity contribution in [2.45, 2.75) is 58.6 Å². The lowest BCUT2D eigenvalue weighted by molar-refractivity contribution is 0.489. The highest BCUT2D eigenvalue weighted by Gasteiger charge is 2.13. The predicted molar refractivity (Wildman–Crippen MR) is 76.6 cm³/mol. The minimum absolute atomic E-state index is 0.207. The Hall–Kier alpha value is -0.0600. The number of alkyl halides is 1. The number of halogens is 2. The molecule has 1 aromatic heterocycles. The highest BCUT2D eigenvalue weighted by molar-refractivity contribution is 9.10. The van der Waals surface area contributed by atoms with Gasteiger partial charge >= 0.3 is 0 Å². The van der Waals surface area contributed by atoms with Crippen molar-refractivity contribution in [3.8, 4) is 0 Å².